The molecule has 0 unspecified atom stereocenters. The predicted molar refractivity (Wildman–Crippen MR) is 109 cm³/mol. The number of carbonyl (C=O) groups excluding carboxylic acids is 2. The third-order valence-corrected chi connectivity index (χ3v) is 4.74. The summed E-state index contributed by atoms with van der Waals surface area (Å²) in [5.74, 6) is -0.0977. The molecule has 0 spiro atoms. The lowest BCUT2D eigenvalue weighted by Gasteiger charge is -2.16. The van der Waals surface area contributed by atoms with Crippen LogP contribution in [0.25, 0.3) is 5.65 Å². The molecule has 0 atom stereocenters. The van der Waals surface area contributed by atoms with Gasteiger partial charge in [-0.3, -0.25) is 4.79 Å². The van der Waals surface area contributed by atoms with Gasteiger partial charge in [-0.15, -0.1) is 0 Å². The Balaban J connectivity index is 1.64. The number of urea groups is 1. The number of benzene rings is 1. The fourth-order valence-electron chi connectivity index (χ4n) is 3.26. The summed E-state index contributed by atoms with van der Waals surface area (Å²) in [7, 11) is 0. The second-order valence-electron chi connectivity index (χ2n) is 6.74. The number of halogens is 2. The van der Waals surface area contributed by atoms with E-state index in [1.54, 1.807) is 28.9 Å². The maximum Gasteiger partial charge on any atom is 0.323 e. The molecule has 0 fully saturated rings. The van der Waals surface area contributed by atoms with E-state index in [-0.39, 0.29) is 18.2 Å². The van der Waals surface area contributed by atoms with E-state index < -0.39 is 6.03 Å². The predicted octanol–water partition coefficient (Wildman–Crippen LogP) is 4.30. The highest BCUT2D eigenvalue weighted by atomic mass is 35.5. The third kappa shape index (κ3) is 3.36. The normalized spacial score (nSPS) is 13.0. The fourth-order valence-corrected chi connectivity index (χ4v) is 3.67. The van der Waals surface area contributed by atoms with Crippen LogP contribution in [0.1, 0.15) is 31.0 Å². The molecule has 28 heavy (non-hydrogen) atoms. The van der Waals surface area contributed by atoms with Crippen molar-refractivity contribution in [2.45, 2.75) is 26.2 Å². The minimum Gasteiger partial charge on any atom is -0.324 e. The number of aromatic nitrogens is 3. The monoisotopic (exact) mass is 418 g/mol. The Labute approximate surface area is 170 Å². The summed E-state index contributed by atoms with van der Waals surface area (Å²) in [5, 5.41) is 13.3. The van der Waals surface area contributed by atoms with Crippen molar-refractivity contribution in [3.05, 3.63) is 45.8 Å². The first kappa shape index (κ1) is 18.5. The van der Waals surface area contributed by atoms with E-state index in [4.69, 9.17) is 23.2 Å². The second kappa shape index (κ2) is 6.96. The summed E-state index contributed by atoms with van der Waals surface area (Å²) in [6.45, 7) is 3.96. The van der Waals surface area contributed by atoms with Gasteiger partial charge in [-0.1, -0.05) is 37.0 Å². The van der Waals surface area contributed by atoms with Gasteiger partial charge in [0.05, 0.1) is 35.4 Å². The molecule has 3 heterocycles. The molecule has 2 aromatic heterocycles. The highest BCUT2D eigenvalue weighted by molar-refractivity contribution is 6.31. The largest absolute Gasteiger partial charge is 0.324 e. The molecule has 0 saturated heterocycles. The molecule has 144 valence electrons. The van der Waals surface area contributed by atoms with E-state index in [9.17, 15) is 9.59 Å². The Morgan fingerprint density at radius 3 is 2.71 bits per heavy atom. The molecule has 0 saturated carbocycles. The lowest BCUT2D eigenvalue weighted by Crippen LogP contribution is -2.22. The summed E-state index contributed by atoms with van der Waals surface area (Å²) in [6.07, 6.45) is 1.79. The SMILES string of the molecule is CC(C)c1c(NC(=O)Nc2cc(Cl)cc3c2NC(=O)C3)cnc2cc(Cl)nn12. The van der Waals surface area contributed by atoms with Crippen LogP contribution in [0.2, 0.25) is 10.2 Å². The number of nitrogens with zero attached hydrogens (tertiary/aromatic N) is 3. The standard InChI is InChI=1S/C18H16Cl2N6O2/c1-8(2)17-12(7-21-14-6-13(20)25-26(14)17)23-18(28)22-11-5-10(19)3-9-4-15(27)24-16(9)11/h3,5-8H,4H2,1-2H3,(H,24,27)(H2,22,23,28). The van der Waals surface area contributed by atoms with Crippen LogP contribution in [-0.2, 0) is 11.2 Å². The van der Waals surface area contributed by atoms with Crippen molar-refractivity contribution in [1.29, 1.82) is 0 Å². The Morgan fingerprint density at radius 1 is 1.21 bits per heavy atom. The highest BCUT2D eigenvalue weighted by Crippen LogP contribution is 2.35. The summed E-state index contributed by atoms with van der Waals surface area (Å²) in [6, 6.07) is 4.44. The molecule has 10 heteroatoms. The molecule has 0 radical (unpaired) electrons. The second-order valence-corrected chi connectivity index (χ2v) is 7.56. The number of amides is 3. The van der Waals surface area contributed by atoms with Gasteiger partial charge in [-0.25, -0.2) is 14.3 Å². The van der Waals surface area contributed by atoms with Gasteiger partial charge >= 0.3 is 6.03 Å². The van der Waals surface area contributed by atoms with Crippen LogP contribution < -0.4 is 16.0 Å². The van der Waals surface area contributed by atoms with Crippen LogP contribution in [0.15, 0.2) is 24.4 Å². The quantitative estimate of drug-likeness (QED) is 0.589. The maximum atomic E-state index is 12.6. The van der Waals surface area contributed by atoms with E-state index in [1.165, 1.54) is 0 Å². The van der Waals surface area contributed by atoms with Gasteiger partial charge in [0.15, 0.2) is 10.8 Å². The smallest absolute Gasteiger partial charge is 0.323 e. The van der Waals surface area contributed by atoms with Crippen LogP contribution in [0.3, 0.4) is 0 Å². The third-order valence-electron chi connectivity index (χ3n) is 4.33. The van der Waals surface area contributed by atoms with Crippen molar-refractivity contribution in [3.8, 4) is 0 Å². The van der Waals surface area contributed by atoms with Crippen molar-refractivity contribution >= 4 is 57.8 Å². The molecule has 8 nitrogen and oxygen atoms in total. The van der Waals surface area contributed by atoms with Gasteiger partial charge in [0, 0.05) is 11.1 Å². The number of nitrogens with one attached hydrogen (secondary N) is 3. The lowest BCUT2D eigenvalue weighted by molar-refractivity contribution is -0.115. The van der Waals surface area contributed by atoms with E-state index >= 15 is 0 Å². The highest BCUT2D eigenvalue weighted by Gasteiger charge is 2.23. The van der Waals surface area contributed by atoms with Crippen LogP contribution in [0.5, 0.6) is 0 Å². The van der Waals surface area contributed by atoms with Crippen molar-refractivity contribution < 1.29 is 9.59 Å². The number of carbonyl (C=O) groups is 2. The first-order valence-corrected chi connectivity index (χ1v) is 9.32. The molecule has 1 aliphatic heterocycles. The average Bonchev–Trinajstić information content (AvgIpc) is 3.15. The van der Waals surface area contributed by atoms with Crippen molar-refractivity contribution in [1.82, 2.24) is 14.6 Å². The number of hydrogen-bond donors (Lipinski definition) is 3. The van der Waals surface area contributed by atoms with Gasteiger partial charge in [-0.05, 0) is 23.6 Å². The Bertz CT molecular complexity index is 1120. The first-order chi connectivity index (χ1) is 13.3. The van der Waals surface area contributed by atoms with Gasteiger partial charge in [-0.2, -0.15) is 5.10 Å². The molecule has 4 rings (SSSR count). The summed E-state index contributed by atoms with van der Waals surface area (Å²) < 4.78 is 1.61. The van der Waals surface area contributed by atoms with Gasteiger partial charge in [0.2, 0.25) is 5.91 Å². The van der Waals surface area contributed by atoms with E-state index in [0.717, 1.165) is 11.3 Å². The topological polar surface area (TPSA) is 100 Å². The minimum absolute atomic E-state index is 0.0477. The van der Waals surface area contributed by atoms with E-state index in [0.29, 0.717) is 32.9 Å². The number of anilines is 3. The molecule has 0 bridgehead atoms. The summed E-state index contributed by atoms with van der Waals surface area (Å²) >= 11 is 12.1. The first-order valence-electron chi connectivity index (χ1n) is 8.56. The number of hydrogen-bond acceptors (Lipinski definition) is 4. The van der Waals surface area contributed by atoms with Crippen molar-refractivity contribution in [3.63, 3.8) is 0 Å². The minimum atomic E-state index is -0.494. The molecule has 1 aromatic carbocycles. The zero-order chi connectivity index (χ0) is 20.0. The van der Waals surface area contributed by atoms with Crippen molar-refractivity contribution in [2.24, 2.45) is 0 Å². The average molecular weight is 419 g/mol. The van der Waals surface area contributed by atoms with Gasteiger partial charge < -0.3 is 16.0 Å². The van der Waals surface area contributed by atoms with Gasteiger partial charge in [0.25, 0.3) is 0 Å². The van der Waals surface area contributed by atoms with Crippen LogP contribution in [-0.4, -0.2) is 26.5 Å². The molecule has 3 N–H and O–H groups in total. The molecular weight excluding hydrogens is 403 g/mol. The summed E-state index contributed by atoms with van der Waals surface area (Å²) in [5.41, 5.74) is 3.58. The Morgan fingerprint density at radius 2 is 1.96 bits per heavy atom. The molecular formula is C18H16Cl2N6O2. The molecule has 3 aromatic rings. The van der Waals surface area contributed by atoms with E-state index in [1.807, 2.05) is 13.8 Å². The maximum absolute atomic E-state index is 12.6. The number of fused-ring (bicyclic) bond motifs is 2. The van der Waals surface area contributed by atoms with Crippen LogP contribution in [0.4, 0.5) is 21.9 Å². The molecule has 0 aliphatic carbocycles. The van der Waals surface area contributed by atoms with Gasteiger partial charge in [0.1, 0.15) is 0 Å². The lowest BCUT2D eigenvalue weighted by atomic mass is 10.1. The molecule has 3 amide bonds. The Hall–Kier alpha value is -2.84. The zero-order valence-electron chi connectivity index (χ0n) is 15.0. The Kier molecular flexibility index (Phi) is 4.60. The fraction of sp³-hybridized carbons (Fsp3) is 0.222. The summed E-state index contributed by atoms with van der Waals surface area (Å²) in [4.78, 5) is 28.6. The van der Waals surface area contributed by atoms with Crippen LogP contribution >= 0.6 is 23.2 Å². The zero-order valence-corrected chi connectivity index (χ0v) is 16.5. The van der Waals surface area contributed by atoms with Crippen molar-refractivity contribution in [2.75, 3.05) is 16.0 Å². The number of rotatable bonds is 3. The van der Waals surface area contributed by atoms with E-state index in [2.05, 4.69) is 26.0 Å². The molecule has 1 aliphatic rings. The van der Waals surface area contributed by atoms with Crippen LogP contribution in [0, 0.1) is 0 Å².